The lowest BCUT2D eigenvalue weighted by Gasteiger charge is -2.01. The molecule has 0 N–H and O–H groups in total. The van der Waals surface area contributed by atoms with Gasteiger partial charge in [-0.05, 0) is 18.6 Å². The van der Waals surface area contributed by atoms with Crippen LogP contribution in [-0.2, 0) is 9.73 Å². The number of aryl methyl sites for hydroxylation is 1. The lowest BCUT2D eigenvalue weighted by atomic mass is 10.3. The lowest BCUT2D eigenvalue weighted by Crippen LogP contribution is -1.99. The first-order valence-corrected chi connectivity index (χ1v) is 6.36. The highest BCUT2D eigenvalue weighted by molar-refractivity contribution is 7.93. The van der Waals surface area contributed by atoms with Crippen molar-refractivity contribution in [1.82, 2.24) is 4.98 Å². The molecule has 0 aliphatic carbocycles. The molecule has 0 spiro atoms. The Morgan fingerprint density at radius 3 is 2.86 bits per heavy atom. The van der Waals surface area contributed by atoms with Crippen molar-refractivity contribution >= 4 is 15.5 Å². The van der Waals surface area contributed by atoms with Crippen molar-refractivity contribution in [2.75, 3.05) is 12.0 Å². The van der Waals surface area contributed by atoms with E-state index in [0.29, 0.717) is 11.3 Å². The van der Waals surface area contributed by atoms with Gasteiger partial charge in [-0.3, -0.25) is 0 Å². The summed E-state index contributed by atoms with van der Waals surface area (Å²) in [6, 6.07) is 1.55. The van der Waals surface area contributed by atoms with Crippen LogP contribution in [0, 0.1) is 12.7 Å². The minimum atomic E-state index is -2.34. The minimum absolute atomic E-state index is 0.0562. The molecule has 0 saturated heterocycles. The molecule has 1 aromatic heterocycles. The zero-order chi connectivity index (χ0) is 10.8. The van der Waals surface area contributed by atoms with Gasteiger partial charge in [-0.2, -0.15) is 4.36 Å². The Labute approximate surface area is 83.6 Å². The molecule has 1 atom stereocenters. The normalized spacial score (nSPS) is 14.9. The van der Waals surface area contributed by atoms with Gasteiger partial charge in [0.15, 0.2) is 11.6 Å². The fraction of sp³-hybridized carbons (Fsp3) is 0.444. The van der Waals surface area contributed by atoms with Crippen molar-refractivity contribution in [1.29, 1.82) is 0 Å². The number of aromatic nitrogens is 1. The first kappa shape index (κ1) is 11.1. The molecule has 5 heteroatoms. The average molecular weight is 216 g/mol. The van der Waals surface area contributed by atoms with Gasteiger partial charge in [-0.1, -0.05) is 6.92 Å². The van der Waals surface area contributed by atoms with Gasteiger partial charge in [0, 0.05) is 18.2 Å². The molecule has 3 nitrogen and oxygen atoms in total. The van der Waals surface area contributed by atoms with E-state index in [1.807, 2.05) is 0 Å². The molecular weight excluding hydrogens is 203 g/mol. The highest BCUT2D eigenvalue weighted by Crippen LogP contribution is 2.18. The van der Waals surface area contributed by atoms with E-state index in [0.717, 1.165) is 0 Å². The van der Waals surface area contributed by atoms with E-state index in [1.165, 1.54) is 12.5 Å². The third-order valence-electron chi connectivity index (χ3n) is 1.88. The second kappa shape index (κ2) is 4.04. The molecule has 1 rings (SSSR count). The Morgan fingerprint density at radius 2 is 2.29 bits per heavy atom. The second-order valence-corrected chi connectivity index (χ2v) is 5.78. The molecule has 0 amide bonds. The van der Waals surface area contributed by atoms with Crippen LogP contribution < -0.4 is 0 Å². The largest absolute Gasteiger partial charge is 0.250 e. The fourth-order valence-electron chi connectivity index (χ4n) is 0.837. The van der Waals surface area contributed by atoms with E-state index in [-0.39, 0.29) is 5.82 Å². The zero-order valence-electron chi connectivity index (χ0n) is 8.45. The molecule has 78 valence electrons. The summed E-state index contributed by atoms with van der Waals surface area (Å²) >= 11 is 0. The third kappa shape index (κ3) is 2.51. The fourth-order valence-corrected chi connectivity index (χ4v) is 1.46. The van der Waals surface area contributed by atoms with Gasteiger partial charge in [0.1, 0.15) is 0 Å². The summed E-state index contributed by atoms with van der Waals surface area (Å²) in [6.07, 6.45) is 2.96. The summed E-state index contributed by atoms with van der Waals surface area (Å²) in [5, 5.41) is 0. The molecule has 0 aromatic carbocycles. The predicted octanol–water partition coefficient (Wildman–Crippen LogP) is 2.28. The van der Waals surface area contributed by atoms with Gasteiger partial charge in [-0.25, -0.2) is 13.6 Å². The Balaban J connectivity index is 3.29. The van der Waals surface area contributed by atoms with Crippen molar-refractivity contribution in [3.63, 3.8) is 0 Å². The van der Waals surface area contributed by atoms with Crippen LogP contribution >= 0.6 is 0 Å². The molecule has 0 radical (unpaired) electrons. The van der Waals surface area contributed by atoms with E-state index >= 15 is 0 Å². The quantitative estimate of drug-likeness (QED) is 0.761. The average Bonchev–Trinajstić information content (AvgIpc) is 2.13. The molecule has 0 bridgehead atoms. The van der Waals surface area contributed by atoms with Crippen LogP contribution in [-0.4, -0.2) is 21.2 Å². The van der Waals surface area contributed by atoms with Gasteiger partial charge in [0.05, 0.1) is 9.73 Å². The van der Waals surface area contributed by atoms with Crippen molar-refractivity contribution in [2.45, 2.75) is 13.8 Å². The summed E-state index contributed by atoms with van der Waals surface area (Å²) in [7, 11) is -2.34. The van der Waals surface area contributed by atoms with Crippen molar-refractivity contribution in [2.24, 2.45) is 4.36 Å². The molecule has 1 aromatic rings. The van der Waals surface area contributed by atoms with Gasteiger partial charge in [0.2, 0.25) is 0 Å². The number of pyridine rings is 1. The number of hydrogen-bond acceptors (Lipinski definition) is 3. The summed E-state index contributed by atoms with van der Waals surface area (Å²) in [6.45, 7) is 3.37. The number of halogens is 1. The molecule has 14 heavy (non-hydrogen) atoms. The van der Waals surface area contributed by atoms with Crippen LogP contribution in [0.3, 0.4) is 0 Å². The predicted molar refractivity (Wildman–Crippen MR) is 55.6 cm³/mol. The smallest absolute Gasteiger partial charge is 0.197 e. The van der Waals surface area contributed by atoms with Gasteiger partial charge >= 0.3 is 0 Å². The maximum Gasteiger partial charge on any atom is 0.197 e. The van der Waals surface area contributed by atoms with Gasteiger partial charge < -0.3 is 0 Å². The topological polar surface area (TPSA) is 42.3 Å². The summed E-state index contributed by atoms with van der Waals surface area (Å²) in [4.78, 5) is 3.75. The standard InChI is InChI=1S/C9H13FN2OS/c1-4-14(3,13)12-9-8(10)7(2)5-6-11-9/h5-6H,4H2,1-3H3/t14-/m0/s1. The van der Waals surface area contributed by atoms with Crippen LogP contribution in [0.5, 0.6) is 0 Å². The summed E-state index contributed by atoms with van der Waals surface area (Å²) in [5.74, 6) is -0.155. The Hall–Kier alpha value is -0.970. The second-order valence-electron chi connectivity index (χ2n) is 3.10. The molecule has 0 unspecified atom stereocenters. The van der Waals surface area contributed by atoms with Gasteiger partial charge in [0.25, 0.3) is 0 Å². The minimum Gasteiger partial charge on any atom is -0.250 e. The van der Waals surface area contributed by atoms with Crippen LogP contribution in [0.1, 0.15) is 12.5 Å². The Morgan fingerprint density at radius 1 is 1.64 bits per heavy atom. The molecule has 0 aliphatic rings. The first-order chi connectivity index (χ1) is 6.46. The van der Waals surface area contributed by atoms with Crippen LogP contribution in [0.25, 0.3) is 0 Å². The van der Waals surface area contributed by atoms with E-state index < -0.39 is 15.5 Å². The molecule has 1 heterocycles. The summed E-state index contributed by atoms with van der Waals surface area (Å²) < 4.78 is 28.8. The van der Waals surface area contributed by atoms with E-state index in [2.05, 4.69) is 9.35 Å². The molecule has 0 aliphatic heterocycles. The van der Waals surface area contributed by atoms with Crippen molar-refractivity contribution in [3.8, 4) is 0 Å². The summed E-state index contributed by atoms with van der Waals surface area (Å²) in [5.41, 5.74) is 0.463. The monoisotopic (exact) mass is 216 g/mol. The number of nitrogens with zero attached hydrogens (tertiary/aromatic N) is 2. The number of rotatable bonds is 2. The van der Waals surface area contributed by atoms with E-state index in [1.54, 1.807) is 19.9 Å². The maximum absolute atomic E-state index is 13.4. The van der Waals surface area contributed by atoms with Crippen LogP contribution in [0.4, 0.5) is 10.2 Å². The third-order valence-corrected chi connectivity index (χ3v) is 3.51. The lowest BCUT2D eigenvalue weighted by molar-refractivity contribution is 0.614. The van der Waals surface area contributed by atoms with Gasteiger partial charge in [-0.15, -0.1) is 0 Å². The maximum atomic E-state index is 13.4. The van der Waals surface area contributed by atoms with Crippen molar-refractivity contribution < 1.29 is 8.60 Å². The Kier molecular flexibility index (Phi) is 3.21. The molecular formula is C9H13FN2OS. The zero-order valence-corrected chi connectivity index (χ0v) is 9.27. The molecule has 0 fully saturated rings. The highest BCUT2D eigenvalue weighted by atomic mass is 32.2. The first-order valence-electron chi connectivity index (χ1n) is 4.27. The van der Waals surface area contributed by atoms with E-state index in [4.69, 9.17) is 0 Å². The number of hydrogen-bond donors (Lipinski definition) is 0. The Bertz CT molecular complexity index is 450. The SMILES string of the molecule is CC[S@](C)(=O)=Nc1nccc(C)c1F. The van der Waals surface area contributed by atoms with Crippen LogP contribution in [0.15, 0.2) is 16.6 Å². The highest BCUT2D eigenvalue weighted by Gasteiger charge is 2.07. The van der Waals surface area contributed by atoms with Crippen molar-refractivity contribution in [3.05, 3.63) is 23.6 Å². The van der Waals surface area contributed by atoms with Crippen LogP contribution in [0.2, 0.25) is 0 Å². The molecule has 0 saturated carbocycles. The van der Waals surface area contributed by atoms with E-state index in [9.17, 15) is 8.60 Å².